The van der Waals surface area contributed by atoms with Gasteiger partial charge in [0.1, 0.15) is 5.82 Å². The molecule has 2 saturated heterocycles. The van der Waals surface area contributed by atoms with E-state index in [0.717, 1.165) is 50.8 Å². The van der Waals surface area contributed by atoms with Crippen LogP contribution in [0.5, 0.6) is 0 Å². The molecule has 0 spiro atoms. The summed E-state index contributed by atoms with van der Waals surface area (Å²) in [5, 5.41) is 9.81. The Hall–Kier alpha value is -1.46. The molecule has 1 N–H and O–H groups in total. The Labute approximate surface area is 136 Å². The Balaban J connectivity index is 1.68. The van der Waals surface area contributed by atoms with E-state index in [1.807, 2.05) is 4.90 Å². The second-order valence-electron chi connectivity index (χ2n) is 6.69. The maximum atomic E-state index is 13.1. The van der Waals surface area contributed by atoms with Gasteiger partial charge >= 0.3 is 0 Å². The highest BCUT2D eigenvalue weighted by molar-refractivity contribution is 5.82. The topological polar surface area (TPSA) is 43.8 Å². The normalized spacial score (nSPS) is 26.3. The molecular weight excluding hydrogens is 295 g/mol. The lowest BCUT2D eigenvalue weighted by Crippen LogP contribution is -2.53. The first-order chi connectivity index (χ1) is 11.1. The molecule has 2 aliphatic heterocycles. The largest absolute Gasteiger partial charge is 0.391 e. The molecule has 0 radical (unpaired) electrons. The molecule has 5 heteroatoms. The summed E-state index contributed by atoms with van der Waals surface area (Å²) in [5.74, 6) is -0.0899. The number of hydrogen-bond acceptors (Lipinski definition) is 3. The third-order valence-electron chi connectivity index (χ3n) is 4.91. The minimum Gasteiger partial charge on any atom is -0.391 e. The van der Waals surface area contributed by atoms with Gasteiger partial charge in [-0.3, -0.25) is 9.69 Å². The molecule has 0 aromatic heterocycles. The van der Waals surface area contributed by atoms with Crippen LogP contribution in [0.4, 0.5) is 4.39 Å². The number of carbonyl (C=O) groups is 1. The van der Waals surface area contributed by atoms with E-state index in [0.29, 0.717) is 13.1 Å². The number of hydrogen-bond donors (Lipinski definition) is 1. The highest BCUT2D eigenvalue weighted by Crippen LogP contribution is 2.23. The van der Waals surface area contributed by atoms with Crippen LogP contribution in [0.25, 0.3) is 0 Å². The molecule has 1 aromatic rings. The van der Waals surface area contributed by atoms with E-state index in [1.54, 1.807) is 12.1 Å². The molecule has 126 valence electrons. The quantitative estimate of drug-likeness (QED) is 0.928. The maximum absolute atomic E-state index is 13.1. The van der Waals surface area contributed by atoms with E-state index in [9.17, 15) is 14.3 Å². The van der Waals surface area contributed by atoms with Crippen molar-refractivity contribution in [3.63, 3.8) is 0 Å². The Morgan fingerprint density at radius 2 is 1.91 bits per heavy atom. The van der Waals surface area contributed by atoms with Gasteiger partial charge in [-0.15, -0.1) is 0 Å². The second-order valence-corrected chi connectivity index (χ2v) is 6.69. The fourth-order valence-corrected chi connectivity index (χ4v) is 3.65. The van der Waals surface area contributed by atoms with Gasteiger partial charge in [-0.1, -0.05) is 18.6 Å². The summed E-state index contributed by atoms with van der Waals surface area (Å²) in [4.78, 5) is 16.9. The summed E-state index contributed by atoms with van der Waals surface area (Å²) in [6.45, 7) is 2.77. The van der Waals surface area contributed by atoms with E-state index in [4.69, 9.17) is 0 Å². The maximum Gasteiger partial charge on any atom is 0.240 e. The van der Waals surface area contributed by atoms with Gasteiger partial charge < -0.3 is 10.0 Å². The van der Waals surface area contributed by atoms with Crippen LogP contribution < -0.4 is 0 Å². The van der Waals surface area contributed by atoms with E-state index in [1.165, 1.54) is 12.1 Å². The van der Waals surface area contributed by atoms with Crippen molar-refractivity contribution in [2.45, 2.75) is 50.8 Å². The van der Waals surface area contributed by atoms with Gasteiger partial charge in [0.15, 0.2) is 0 Å². The van der Waals surface area contributed by atoms with Crippen LogP contribution in [0, 0.1) is 5.82 Å². The lowest BCUT2D eigenvalue weighted by atomic mass is 9.98. The van der Waals surface area contributed by atoms with Crippen molar-refractivity contribution in [2.24, 2.45) is 0 Å². The predicted molar refractivity (Wildman–Crippen MR) is 86.3 cm³/mol. The van der Waals surface area contributed by atoms with Crippen molar-refractivity contribution in [1.82, 2.24) is 9.80 Å². The van der Waals surface area contributed by atoms with Gasteiger partial charge in [0.2, 0.25) is 5.91 Å². The van der Waals surface area contributed by atoms with E-state index >= 15 is 0 Å². The number of rotatable bonds is 3. The summed E-state index contributed by atoms with van der Waals surface area (Å²) in [6, 6.07) is 6.40. The summed E-state index contributed by atoms with van der Waals surface area (Å²) < 4.78 is 13.1. The highest BCUT2D eigenvalue weighted by atomic mass is 19.1. The third kappa shape index (κ3) is 4.09. The lowest BCUT2D eigenvalue weighted by Gasteiger charge is -2.39. The van der Waals surface area contributed by atoms with Crippen LogP contribution in [0.1, 0.15) is 37.7 Å². The van der Waals surface area contributed by atoms with Gasteiger partial charge in [-0.05, 0) is 49.9 Å². The van der Waals surface area contributed by atoms with Gasteiger partial charge in [-0.25, -0.2) is 4.39 Å². The SMILES string of the molecule is O=C(C1CCCCN1Cc1ccc(F)cc1)N1CCCC(O)C1. The average Bonchev–Trinajstić information content (AvgIpc) is 2.57. The fourth-order valence-electron chi connectivity index (χ4n) is 3.65. The second kappa shape index (κ2) is 7.41. The van der Waals surface area contributed by atoms with E-state index in [-0.39, 0.29) is 23.9 Å². The first kappa shape index (κ1) is 16.4. The van der Waals surface area contributed by atoms with Crippen molar-refractivity contribution < 1.29 is 14.3 Å². The van der Waals surface area contributed by atoms with Crippen molar-refractivity contribution in [2.75, 3.05) is 19.6 Å². The number of β-amino-alcohol motifs (C(OH)–C–C–N with tert-alkyl or cyclic N) is 1. The van der Waals surface area contributed by atoms with Crippen LogP contribution >= 0.6 is 0 Å². The lowest BCUT2D eigenvalue weighted by molar-refractivity contribution is -0.141. The van der Waals surface area contributed by atoms with Gasteiger partial charge in [0.05, 0.1) is 12.1 Å². The number of carbonyl (C=O) groups excluding carboxylic acids is 1. The third-order valence-corrected chi connectivity index (χ3v) is 4.91. The zero-order valence-electron chi connectivity index (χ0n) is 13.5. The van der Waals surface area contributed by atoms with Crippen molar-refractivity contribution >= 4 is 5.91 Å². The molecule has 2 fully saturated rings. The zero-order valence-corrected chi connectivity index (χ0v) is 13.5. The van der Waals surface area contributed by atoms with Gasteiger partial charge in [-0.2, -0.15) is 0 Å². The summed E-state index contributed by atoms with van der Waals surface area (Å²) >= 11 is 0. The summed E-state index contributed by atoms with van der Waals surface area (Å²) in [6.07, 6.45) is 4.29. The molecule has 0 aliphatic carbocycles. The highest BCUT2D eigenvalue weighted by Gasteiger charge is 2.33. The van der Waals surface area contributed by atoms with E-state index < -0.39 is 0 Å². The molecule has 1 aromatic carbocycles. The predicted octanol–water partition coefficient (Wildman–Crippen LogP) is 2.16. The Bertz CT molecular complexity index is 534. The summed E-state index contributed by atoms with van der Waals surface area (Å²) in [5.41, 5.74) is 1.03. The minimum absolute atomic E-state index is 0.112. The molecular formula is C18H25FN2O2. The number of aliphatic hydroxyl groups excluding tert-OH is 1. The Morgan fingerprint density at radius 3 is 2.65 bits per heavy atom. The standard InChI is InChI=1S/C18H25FN2O2/c19-15-8-6-14(7-9-15)12-20-10-2-1-5-17(20)18(23)21-11-3-4-16(22)13-21/h6-9,16-17,22H,1-5,10-13H2. The number of benzene rings is 1. The molecule has 0 saturated carbocycles. The Morgan fingerprint density at radius 1 is 1.13 bits per heavy atom. The zero-order chi connectivity index (χ0) is 16.2. The number of amides is 1. The number of halogens is 1. The smallest absolute Gasteiger partial charge is 0.240 e. The van der Waals surface area contributed by atoms with Crippen molar-refractivity contribution in [1.29, 1.82) is 0 Å². The van der Waals surface area contributed by atoms with Crippen LogP contribution in [-0.2, 0) is 11.3 Å². The molecule has 0 bridgehead atoms. The minimum atomic E-state index is -0.387. The fraction of sp³-hybridized carbons (Fsp3) is 0.611. The molecule has 2 aliphatic rings. The van der Waals surface area contributed by atoms with Crippen molar-refractivity contribution in [3.8, 4) is 0 Å². The molecule has 23 heavy (non-hydrogen) atoms. The molecule has 2 heterocycles. The number of nitrogens with zero attached hydrogens (tertiary/aromatic N) is 2. The van der Waals surface area contributed by atoms with Crippen LogP contribution in [0.3, 0.4) is 0 Å². The van der Waals surface area contributed by atoms with Crippen LogP contribution in [0.15, 0.2) is 24.3 Å². The molecule has 1 amide bonds. The Kier molecular flexibility index (Phi) is 5.28. The molecule has 4 nitrogen and oxygen atoms in total. The number of likely N-dealkylation sites (tertiary alicyclic amines) is 2. The first-order valence-electron chi connectivity index (χ1n) is 8.59. The number of aliphatic hydroxyl groups is 1. The van der Waals surface area contributed by atoms with Crippen molar-refractivity contribution in [3.05, 3.63) is 35.6 Å². The monoisotopic (exact) mass is 320 g/mol. The molecule has 2 unspecified atom stereocenters. The molecule has 3 rings (SSSR count). The van der Waals surface area contributed by atoms with Crippen LogP contribution in [0.2, 0.25) is 0 Å². The van der Waals surface area contributed by atoms with E-state index in [2.05, 4.69) is 4.90 Å². The molecule has 2 atom stereocenters. The average molecular weight is 320 g/mol. The van der Waals surface area contributed by atoms with Gasteiger partial charge in [0.25, 0.3) is 0 Å². The van der Waals surface area contributed by atoms with Crippen LogP contribution in [-0.4, -0.2) is 52.6 Å². The number of piperidine rings is 2. The first-order valence-corrected chi connectivity index (χ1v) is 8.59. The van der Waals surface area contributed by atoms with Gasteiger partial charge in [0, 0.05) is 19.6 Å². The summed E-state index contributed by atoms with van der Waals surface area (Å²) in [7, 11) is 0.